The van der Waals surface area contributed by atoms with E-state index in [0.29, 0.717) is 11.6 Å². The van der Waals surface area contributed by atoms with Gasteiger partial charge in [0.1, 0.15) is 0 Å². The van der Waals surface area contributed by atoms with Crippen LogP contribution in [-0.2, 0) is 5.41 Å². The maximum absolute atomic E-state index is 4.95. The fourth-order valence-corrected chi connectivity index (χ4v) is 8.88. The molecule has 55 heavy (non-hydrogen) atoms. The number of nitrogens with zero attached hydrogens (tertiary/aromatic N) is 4. The third-order valence-corrected chi connectivity index (χ3v) is 11.3. The zero-order valence-electron chi connectivity index (χ0n) is 29.8. The van der Waals surface area contributed by atoms with Crippen LogP contribution in [0.2, 0.25) is 0 Å². The summed E-state index contributed by atoms with van der Waals surface area (Å²) in [6.45, 7) is 0. The van der Waals surface area contributed by atoms with Gasteiger partial charge in [0.2, 0.25) is 0 Å². The van der Waals surface area contributed by atoms with Crippen molar-refractivity contribution in [2.24, 2.45) is 0 Å². The van der Waals surface area contributed by atoms with Crippen molar-refractivity contribution in [3.63, 3.8) is 0 Å². The van der Waals surface area contributed by atoms with Crippen molar-refractivity contribution in [3.05, 3.63) is 217 Å². The molecule has 0 amide bonds. The molecule has 7 aromatic carbocycles. The van der Waals surface area contributed by atoms with Gasteiger partial charge in [-0.1, -0.05) is 158 Å². The summed E-state index contributed by atoms with van der Waals surface area (Å²) in [6, 6.07) is 60.8. The average molecular weight is 701 g/mol. The lowest BCUT2D eigenvalue weighted by atomic mass is 9.65. The summed E-state index contributed by atoms with van der Waals surface area (Å²) in [5.74, 6) is 1.38. The Morgan fingerprint density at radius 3 is 1.02 bits per heavy atom. The fourth-order valence-electron chi connectivity index (χ4n) is 8.88. The molecule has 256 valence electrons. The summed E-state index contributed by atoms with van der Waals surface area (Å²) in [5, 5.41) is 0. The molecule has 1 spiro atoms. The first-order valence-electron chi connectivity index (χ1n) is 18.6. The van der Waals surface area contributed by atoms with Crippen LogP contribution in [0.4, 0.5) is 0 Å². The Labute approximate surface area is 319 Å². The van der Waals surface area contributed by atoms with Crippen LogP contribution in [-0.4, -0.2) is 19.9 Å². The van der Waals surface area contributed by atoms with Gasteiger partial charge < -0.3 is 0 Å². The van der Waals surface area contributed by atoms with Crippen LogP contribution < -0.4 is 0 Å². The quantitative estimate of drug-likeness (QED) is 0.183. The molecule has 2 aromatic heterocycles. The first-order chi connectivity index (χ1) is 27.3. The topological polar surface area (TPSA) is 51.6 Å². The standard InChI is InChI=1S/C51H32N4/c1-3-13-33(14-4-1)37-29-52-49(53-30-37)35-23-25-43-39-17-7-8-18-40(39)44-26-24-36(50-54-31-38(32-55-50)34-15-5-2-6-16-34)28-48(44)51(47(43)27-35)45-21-11-9-19-41(45)42-20-10-12-22-46(42)51/h1-32H. The van der Waals surface area contributed by atoms with Gasteiger partial charge in [-0.2, -0.15) is 0 Å². The molecular weight excluding hydrogens is 669 g/mol. The van der Waals surface area contributed by atoms with Gasteiger partial charge >= 0.3 is 0 Å². The molecule has 2 heterocycles. The van der Waals surface area contributed by atoms with Crippen molar-refractivity contribution in [1.29, 1.82) is 0 Å². The minimum absolute atomic E-state index is 0.670. The number of benzene rings is 7. The highest BCUT2D eigenvalue weighted by Crippen LogP contribution is 2.62. The number of fused-ring (bicyclic) bond motifs is 12. The Morgan fingerprint density at radius 1 is 0.255 bits per heavy atom. The Hall–Kier alpha value is -7.30. The molecule has 0 saturated carbocycles. The monoisotopic (exact) mass is 700 g/mol. The Balaban J connectivity index is 1.19. The Bertz CT molecular complexity index is 2700. The smallest absolute Gasteiger partial charge is 0.159 e. The highest BCUT2D eigenvalue weighted by Gasteiger charge is 2.50. The molecule has 2 aliphatic carbocycles. The maximum Gasteiger partial charge on any atom is 0.159 e. The molecule has 0 fully saturated rings. The summed E-state index contributed by atoms with van der Waals surface area (Å²) in [5.41, 5.74) is 17.6. The van der Waals surface area contributed by atoms with Crippen molar-refractivity contribution in [2.75, 3.05) is 0 Å². The predicted molar refractivity (Wildman–Crippen MR) is 221 cm³/mol. The van der Waals surface area contributed by atoms with Crippen molar-refractivity contribution >= 4 is 0 Å². The number of aromatic nitrogens is 4. The van der Waals surface area contributed by atoms with Crippen LogP contribution in [0.15, 0.2) is 195 Å². The van der Waals surface area contributed by atoms with Crippen molar-refractivity contribution in [3.8, 4) is 78.4 Å². The van der Waals surface area contributed by atoms with E-state index in [0.717, 1.165) is 33.4 Å². The average Bonchev–Trinajstić information content (AvgIpc) is 3.52. The zero-order valence-corrected chi connectivity index (χ0v) is 29.8. The Morgan fingerprint density at radius 2 is 0.600 bits per heavy atom. The first kappa shape index (κ1) is 31.2. The summed E-state index contributed by atoms with van der Waals surface area (Å²) in [4.78, 5) is 19.8. The van der Waals surface area contributed by atoms with Crippen LogP contribution >= 0.6 is 0 Å². The minimum atomic E-state index is -0.670. The minimum Gasteiger partial charge on any atom is -0.236 e. The molecule has 2 aliphatic rings. The fraction of sp³-hybridized carbons (Fsp3) is 0.0196. The van der Waals surface area contributed by atoms with Gasteiger partial charge in [-0.05, 0) is 78.9 Å². The molecule has 0 aliphatic heterocycles. The van der Waals surface area contributed by atoms with E-state index in [1.165, 1.54) is 55.6 Å². The lowest BCUT2D eigenvalue weighted by Gasteiger charge is -2.36. The summed E-state index contributed by atoms with van der Waals surface area (Å²) in [7, 11) is 0. The second kappa shape index (κ2) is 12.4. The van der Waals surface area contributed by atoms with E-state index in [2.05, 4.69) is 133 Å². The van der Waals surface area contributed by atoms with E-state index in [1.807, 2.05) is 61.2 Å². The molecule has 11 rings (SSSR count). The van der Waals surface area contributed by atoms with Crippen LogP contribution in [0.25, 0.3) is 78.4 Å². The van der Waals surface area contributed by atoms with E-state index < -0.39 is 5.41 Å². The largest absolute Gasteiger partial charge is 0.236 e. The Kier molecular flexibility index (Phi) is 7.04. The third kappa shape index (κ3) is 4.78. The first-order valence-corrected chi connectivity index (χ1v) is 18.6. The SMILES string of the molecule is c1ccc(-c2cnc(-c3ccc4c(c3)C3(c5cc(-c6ncc(-c7ccccc7)cn6)ccc5-c5ccccc5-4)c4ccccc4-c4ccccc43)nc2)cc1. The van der Waals surface area contributed by atoms with Crippen molar-refractivity contribution in [1.82, 2.24) is 19.9 Å². The molecule has 0 atom stereocenters. The summed E-state index contributed by atoms with van der Waals surface area (Å²) < 4.78 is 0. The highest BCUT2D eigenvalue weighted by atomic mass is 14.9. The van der Waals surface area contributed by atoms with Gasteiger partial charge in [-0.3, -0.25) is 0 Å². The highest BCUT2D eigenvalue weighted by molar-refractivity contribution is 5.98. The van der Waals surface area contributed by atoms with E-state index in [4.69, 9.17) is 19.9 Å². The maximum atomic E-state index is 4.95. The van der Waals surface area contributed by atoms with Gasteiger partial charge in [0, 0.05) is 47.0 Å². The van der Waals surface area contributed by atoms with E-state index in [-0.39, 0.29) is 0 Å². The number of hydrogen-bond donors (Lipinski definition) is 0. The van der Waals surface area contributed by atoms with Crippen molar-refractivity contribution < 1.29 is 0 Å². The normalized spacial score (nSPS) is 12.9. The molecule has 0 unspecified atom stereocenters. The number of rotatable bonds is 4. The molecular formula is C51H32N4. The van der Waals surface area contributed by atoms with E-state index in [9.17, 15) is 0 Å². The lowest BCUT2D eigenvalue weighted by molar-refractivity contribution is 0.775. The zero-order chi connectivity index (χ0) is 36.3. The molecule has 0 bridgehead atoms. The van der Waals surface area contributed by atoms with Crippen LogP contribution in [0.1, 0.15) is 22.3 Å². The second-order valence-corrected chi connectivity index (χ2v) is 14.2. The van der Waals surface area contributed by atoms with Crippen LogP contribution in [0.5, 0.6) is 0 Å². The number of hydrogen-bond acceptors (Lipinski definition) is 4. The van der Waals surface area contributed by atoms with Gasteiger partial charge in [0.15, 0.2) is 11.6 Å². The molecule has 4 nitrogen and oxygen atoms in total. The molecule has 0 saturated heterocycles. The summed E-state index contributed by atoms with van der Waals surface area (Å²) in [6.07, 6.45) is 7.72. The molecule has 4 heteroatoms. The second-order valence-electron chi connectivity index (χ2n) is 14.2. The van der Waals surface area contributed by atoms with Gasteiger partial charge in [0.25, 0.3) is 0 Å². The summed E-state index contributed by atoms with van der Waals surface area (Å²) >= 11 is 0. The van der Waals surface area contributed by atoms with Crippen LogP contribution in [0.3, 0.4) is 0 Å². The van der Waals surface area contributed by atoms with E-state index >= 15 is 0 Å². The predicted octanol–water partition coefficient (Wildman–Crippen LogP) is 11.9. The third-order valence-electron chi connectivity index (χ3n) is 11.3. The van der Waals surface area contributed by atoms with Gasteiger partial charge in [-0.25, -0.2) is 19.9 Å². The van der Waals surface area contributed by atoms with E-state index in [1.54, 1.807) is 0 Å². The molecule has 0 N–H and O–H groups in total. The van der Waals surface area contributed by atoms with Gasteiger partial charge in [0.05, 0.1) is 5.41 Å². The molecule has 9 aromatic rings. The lowest BCUT2D eigenvalue weighted by Crippen LogP contribution is -2.29. The van der Waals surface area contributed by atoms with Crippen molar-refractivity contribution in [2.45, 2.75) is 5.41 Å². The van der Waals surface area contributed by atoms with Crippen LogP contribution in [0, 0.1) is 0 Å². The van der Waals surface area contributed by atoms with Gasteiger partial charge in [-0.15, -0.1) is 0 Å². The molecule has 0 radical (unpaired) electrons.